The molecule has 0 aromatic heterocycles. The molecular formula is C15H15BrNO6S-. The number of hydrogen-bond acceptors (Lipinski definition) is 6. The summed E-state index contributed by atoms with van der Waals surface area (Å²) < 4.78 is 24.9. The van der Waals surface area contributed by atoms with E-state index < -0.39 is 38.8 Å². The number of hydrogen-bond donors (Lipinski definition) is 0. The SMILES string of the molecule is CS(=O)(=O)[C@H]1C(=O)C(=O)N(CCCC(=O)[O-])[C@H]1c1ccc(Br)cc1. The molecule has 0 saturated carbocycles. The van der Waals surface area contributed by atoms with E-state index in [-0.39, 0.29) is 19.4 Å². The molecule has 0 spiro atoms. The van der Waals surface area contributed by atoms with Crippen molar-refractivity contribution in [2.24, 2.45) is 0 Å². The second-order valence-corrected chi connectivity index (χ2v) is 8.67. The highest BCUT2D eigenvalue weighted by Gasteiger charge is 2.52. The Morgan fingerprint density at radius 1 is 1.25 bits per heavy atom. The van der Waals surface area contributed by atoms with Gasteiger partial charge in [0.15, 0.2) is 15.1 Å². The van der Waals surface area contributed by atoms with Gasteiger partial charge in [-0.15, -0.1) is 0 Å². The summed E-state index contributed by atoms with van der Waals surface area (Å²) in [7, 11) is -3.82. The van der Waals surface area contributed by atoms with Crippen LogP contribution in [0.5, 0.6) is 0 Å². The van der Waals surface area contributed by atoms with E-state index in [0.717, 1.165) is 15.6 Å². The fraction of sp³-hybridized carbons (Fsp3) is 0.400. The van der Waals surface area contributed by atoms with Crippen molar-refractivity contribution in [3.05, 3.63) is 34.3 Å². The molecule has 0 radical (unpaired) electrons. The second kappa shape index (κ2) is 7.02. The van der Waals surface area contributed by atoms with Crippen LogP contribution in [0.4, 0.5) is 0 Å². The summed E-state index contributed by atoms with van der Waals surface area (Å²) in [5, 5.41) is 9.06. The molecule has 1 saturated heterocycles. The van der Waals surface area contributed by atoms with Crippen LogP contribution in [0.1, 0.15) is 24.4 Å². The third kappa shape index (κ3) is 3.84. The van der Waals surface area contributed by atoms with E-state index in [4.69, 9.17) is 0 Å². The van der Waals surface area contributed by atoms with Gasteiger partial charge in [-0.25, -0.2) is 8.42 Å². The topological polar surface area (TPSA) is 112 Å². The number of carboxylic acids is 1. The lowest BCUT2D eigenvalue weighted by Gasteiger charge is -2.27. The molecule has 1 aromatic rings. The molecule has 24 heavy (non-hydrogen) atoms. The third-order valence-electron chi connectivity index (χ3n) is 3.81. The van der Waals surface area contributed by atoms with Crippen molar-refractivity contribution in [3.63, 3.8) is 0 Å². The predicted molar refractivity (Wildman–Crippen MR) is 86.5 cm³/mol. The monoisotopic (exact) mass is 416 g/mol. The summed E-state index contributed by atoms with van der Waals surface area (Å²) in [4.78, 5) is 36.1. The van der Waals surface area contributed by atoms with Gasteiger partial charge in [0, 0.05) is 23.2 Å². The molecule has 1 aliphatic rings. The first-order chi connectivity index (χ1) is 11.1. The number of Topliss-reactive ketones (excluding diaryl/α,β-unsaturated/α-hetero) is 1. The number of likely N-dealkylation sites (tertiary alicyclic amines) is 1. The van der Waals surface area contributed by atoms with E-state index in [0.29, 0.717) is 5.56 Å². The van der Waals surface area contributed by atoms with Gasteiger partial charge >= 0.3 is 0 Å². The summed E-state index contributed by atoms with van der Waals surface area (Å²) >= 11 is 3.27. The van der Waals surface area contributed by atoms with Crippen LogP contribution in [0.15, 0.2) is 28.7 Å². The molecule has 130 valence electrons. The minimum absolute atomic E-state index is 0.0364. The Balaban J connectivity index is 2.42. The Morgan fingerprint density at radius 3 is 2.33 bits per heavy atom. The zero-order valence-electron chi connectivity index (χ0n) is 12.8. The summed E-state index contributed by atoms with van der Waals surface area (Å²) in [5.41, 5.74) is 0.501. The molecule has 1 aromatic carbocycles. The lowest BCUT2D eigenvalue weighted by molar-refractivity contribution is -0.305. The van der Waals surface area contributed by atoms with E-state index in [9.17, 15) is 27.9 Å². The number of ketones is 1. The first-order valence-corrected chi connectivity index (χ1v) is 9.86. The molecule has 0 unspecified atom stereocenters. The van der Waals surface area contributed by atoms with Crippen molar-refractivity contribution in [2.45, 2.75) is 24.1 Å². The molecule has 9 heteroatoms. The van der Waals surface area contributed by atoms with Crippen molar-refractivity contribution >= 4 is 43.4 Å². The molecule has 0 bridgehead atoms. The van der Waals surface area contributed by atoms with Gasteiger partial charge in [0.1, 0.15) is 0 Å². The van der Waals surface area contributed by atoms with Crippen LogP contribution in [0.25, 0.3) is 0 Å². The van der Waals surface area contributed by atoms with Crippen LogP contribution in [0, 0.1) is 0 Å². The summed E-state index contributed by atoms with van der Waals surface area (Å²) in [6, 6.07) is 5.66. The van der Waals surface area contributed by atoms with Crippen LogP contribution >= 0.6 is 15.9 Å². The van der Waals surface area contributed by atoms with Gasteiger partial charge < -0.3 is 14.8 Å². The Morgan fingerprint density at radius 2 is 1.83 bits per heavy atom. The highest BCUT2D eigenvalue weighted by molar-refractivity contribution is 9.10. The van der Waals surface area contributed by atoms with Crippen molar-refractivity contribution in [2.75, 3.05) is 12.8 Å². The normalized spacial score (nSPS) is 21.3. The number of amides is 1. The smallest absolute Gasteiger partial charge is 0.292 e. The third-order valence-corrected chi connectivity index (χ3v) is 5.73. The van der Waals surface area contributed by atoms with Crippen molar-refractivity contribution in [1.29, 1.82) is 0 Å². The van der Waals surface area contributed by atoms with E-state index >= 15 is 0 Å². The van der Waals surface area contributed by atoms with Gasteiger partial charge in [0.25, 0.3) is 5.91 Å². The molecular weight excluding hydrogens is 402 g/mol. The minimum Gasteiger partial charge on any atom is -0.550 e. The maximum Gasteiger partial charge on any atom is 0.292 e. The van der Waals surface area contributed by atoms with Gasteiger partial charge in [-0.1, -0.05) is 28.1 Å². The van der Waals surface area contributed by atoms with Crippen molar-refractivity contribution in [3.8, 4) is 0 Å². The van der Waals surface area contributed by atoms with E-state index in [2.05, 4.69) is 15.9 Å². The van der Waals surface area contributed by atoms with Gasteiger partial charge in [-0.05, 0) is 30.5 Å². The Labute approximate surface area is 147 Å². The minimum atomic E-state index is -3.82. The van der Waals surface area contributed by atoms with Gasteiger partial charge in [0.2, 0.25) is 5.78 Å². The van der Waals surface area contributed by atoms with Gasteiger partial charge in [0.05, 0.1) is 6.04 Å². The number of sulfone groups is 1. The first kappa shape index (κ1) is 18.6. The molecule has 0 aliphatic carbocycles. The number of carbonyl (C=O) groups excluding carboxylic acids is 3. The number of carbonyl (C=O) groups is 3. The number of rotatable bonds is 6. The van der Waals surface area contributed by atoms with E-state index in [1.165, 1.54) is 0 Å². The molecule has 0 N–H and O–H groups in total. The first-order valence-electron chi connectivity index (χ1n) is 7.12. The van der Waals surface area contributed by atoms with Crippen LogP contribution in [-0.2, 0) is 24.2 Å². The van der Waals surface area contributed by atoms with Crippen molar-refractivity contribution in [1.82, 2.24) is 4.90 Å². The predicted octanol–water partition coefficient (Wildman–Crippen LogP) is -0.155. The van der Waals surface area contributed by atoms with Gasteiger partial charge in [-0.2, -0.15) is 0 Å². The standard InChI is InChI=1S/C15H16BrNO6S/c1-24(22,23)14-12(9-4-6-10(16)7-5-9)17(15(21)13(14)20)8-2-3-11(18)19/h4-7,12,14H,2-3,8H2,1H3,(H,18,19)/p-1/t12-,14+/m0/s1. The zero-order valence-corrected chi connectivity index (χ0v) is 15.2. The summed E-state index contributed by atoms with van der Waals surface area (Å²) in [6.07, 6.45) is 0.707. The molecule has 2 rings (SSSR count). The number of aliphatic carboxylic acids is 1. The maximum absolute atomic E-state index is 12.2. The highest BCUT2D eigenvalue weighted by atomic mass is 79.9. The lowest BCUT2D eigenvalue weighted by Crippen LogP contribution is -2.34. The zero-order chi connectivity index (χ0) is 18.1. The Bertz CT molecular complexity index is 774. The average molecular weight is 417 g/mol. The number of benzene rings is 1. The molecule has 1 fully saturated rings. The second-order valence-electron chi connectivity index (χ2n) is 5.58. The number of halogens is 1. The molecule has 1 heterocycles. The molecule has 1 aliphatic heterocycles. The molecule has 1 amide bonds. The average Bonchev–Trinajstić information content (AvgIpc) is 2.72. The lowest BCUT2D eigenvalue weighted by atomic mass is 10.0. The highest BCUT2D eigenvalue weighted by Crippen LogP contribution is 2.36. The van der Waals surface area contributed by atoms with Crippen LogP contribution in [0.3, 0.4) is 0 Å². The van der Waals surface area contributed by atoms with Crippen LogP contribution in [0.2, 0.25) is 0 Å². The van der Waals surface area contributed by atoms with E-state index in [1.807, 2.05) is 0 Å². The summed E-state index contributed by atoms with van der Waals surface area (Å²) in [5.74, 6) is -3.16. The van der Waals surface area contributed by atoms with Crippen molar-refractivity contribution < 1.29 is 27.9 Å². The van der Waals surface area contributed by atoms with E-state index in [1.54, 1.807) is 24.3 Å². The van der Waals surface area contributed by atoms with Gasteiger partial charge in [-0.3, -0.25) is 9.59 Å². The quantitative estimate of drug-likeness (QED) is 0.595. The largest absolute Gasteiger partial charge is 0.550 e. The Hall–Kier alpha value is -1.74. The number of carboxylic acid groups (broad SMARTS) is 1. The summed E-state index contributed by atoms with van der Waals surface area (Å²) in [6.45, 7) is -0.0364. The maximum atomic E-state index is 12.2. The fourth-order valence-corrected chi connectivity index (χ4v) is 4.30. The van der Waals surface area contributed by atoms with Crippen LogP contribution < -0.4 is 5.11 Å². The molecule has 7 nitrogen and oxygen atoms in total. The van der Waals surface area contributed by atoms with Crippen LogP contribution in [-0.4, -0.2) is 49.0 Å². The fourth-order valence-electron chi connectivity index (χ4n) is 2.77. The Kier molecular flexibility index (Phi) is 5.44. The molecule has 2 atom stereocenters. The number of nitrogens with zero attached hydrogens (tertiary/aromatic N) is 1.